The molecule has 1 N–H and O–H groups in total. The molecule has 2 aliphatic heterocycles. The number of hydrogen-bond acceptors (Lipinski definition) is 4. The number of carbonyl (C=O) groups is 1. The number of halogens is 3. The maximum absolute atomic E-state index is 13.5. The van der Waals surface area contributed by atoms with E-state index in [1.54, 1.807) is 6.07 Å². The van der Waals surface area contributed by atoms with Crippen molar-refractivity contribution in [2.24, 2.45) is 5.92 Å². The monoisotopic (exact) mass is 435 g/mol. The number of carboxylic acids is 1. The van der Waals surface area contributed by atoms with Gasteiger partial charge in [0.05, 0.1) is 24.7 Å². The van der Waals surface area contributed by atoms with Crippen molar-refractivity contribution in [3.05, 3.63) is 64.2 Å². The lowest BCUT2D eigenvalue weighted by Crippen LogP contribution is -2.49. The fourth-order valence-corrected chi connectivity index (χ4v) is 3.96. The molecule has 31 heavy (non-hydrogen) atoms. The first kappa shape index (κ1) is 21.6. The fraction of sp³-hybridized carbons (Fsp3) is 0.435. The Morgan fingerprint density at radius 3 is 2.45 bits per heavy atom. The van der Waals surface area contributed by atoms with Gasteiger partial charge >= 0.3 is 12.1 Å². The van der Waals surface area contributed by atoms with Crippen LogP contribution in [0.4, 0.5) is 13.2 Å². The van der Waals surface area contributed by atoms with Crippen LogP contribution in [0.1, 0.15) is 33.7 Å². The van der Waals surface area contributed by atoms with Gasteiger partial charge in [-0.1, -0.05) is 24.3 Å². The average Bonchev–Trinajstić information content (AvgIpc) is 2.62. The Bertz CT molecular complexity index is 966. The smallest absolute Gasteiger partial charge is 0.416 e. The van der Waals surface area contributed by atoms with Gasteiger partial charge in [0.2, 0.25) is 0 Å². The van der Waals surface area contributed by atoms with E-state index in [0.29, 0.717) is 44.2 Å². The molecular formula is C23H24F3NO4. The third-order valence-corrected chi connectivity index (χ3v) is 5.85. The molecule has 2 aromatic rings. The largest absolute Gasteiger partial charge is 0.489 e. The van der Waals surface area contributed by atoms with Gasteiger partial charge in [0.25, 0.3) is 0 Å². The number of benzene rings is 2. The standard InChI is InChI=1S/C23H24F3NO4/c1-14-6-15(8-27-9-17(10-27)22(28)29)3-5-21(14)31-11-16-2-4-19(18-12-30-13-18)20(7-16)23(24,25)26/h2-7,17-18H,8-13H2,1H3,(H,28,29). The number of carboxylic acid groups (broad SMARTS) is 1. The zero-order valence-corrected chi connectivity index (χ0v) is 17.1. The molecule has 0 bridgehead atoms. The van der Waals surface area contributed by atoms with Crippen LogP contribution in [0.15, 0.2) is 36.4 Å². The molecule has 0 saturated carbocycles. The van der Waals surface area contributed by atoms with Crippen molar-refractivity contribution in [2.75, 3.05) is 26.3 Å². The van der Waals surface area contributed by atoms with Gasteiger partial charge in [-0.25, -0.2) is 0 Å². The van der Waals surface area contributed by atoms with E-state index >= 15 is 0 Å². The molecule has 0 aromatic heterocycles. The third-order valence-electron chi connectivity index (χ3n) is 5.85. The summed E-state index contributed by atoms with van der Waals surface area (Å²) < 4.78 is 51.4. The number of nitrogens with zero attached hydrogens (tertiary/aromatic N) is 1. The minimum absolute atomic E-state index is 0.0388. The van der Waals surface area contributed by atoms with Crippen LogP contribution in [0.5, 0.6) is 5.75 Å². The SMILES string of the molecule is Cc1cc(CN2CC(C(=O)O)C2)ccc1OCc1ccc(C2COC2)c(C(F)(F)F)c1. The van der Waals surface area contributed by atoms with Crippen LogP contribution in [-0.4, -0.2) is 42.3 Å². The zero-order chi connectivity index (χ0) is 22.2. The normalized spacial score (nSPS) is 17.8. The molecule has 2 fully saturated rings. The Hall–Kier alpha value is -2.58. The summed E-state index contributed by atoms with van der Waals surface area (Å²) in [6.45, 7) is 4.30. The second-order valence-corrected chi connectivity index (χ2v) is 8.27. The molecule has 0 aliphatic carbocycles. The van der Waals surface area contributed by atoms with Gasteiger partial charge in [-0.15, -0.1) is 0 Å². The van der Waals surface area contributed by atoms with E-state index in [1.165, 1.54) is 12.1 Å². The van der Waals surface area contributed by atoms with E-state index in [9.17, 15) is 18.0 Å². The molecule has 2 aliphatic rings. The Kier molecular flexibility index (Phi) is 5.94. The van der Waals surface area contributed by atoms with Crippen LogP contribution in [0.25, 0.3) is 0 Å². The van der Waals surface area contributed by atoms with Crippen LogP contribution < -0.4 is 4.74 Å². The lowest BCUT2D eigenvalue weighted by molar-refractivity contribution is -0.147. The summed E-state index contributed by atoms with van der Waals surface area (Å²) in [4.78, 5) is 13.0. The molecule has 0 unspecified atom stereocenters. The Morgan fingerprint density at radius 1 is 1.16 bits per heavy atom. The summed E-state index contributed by atoms with van der Waals surface area (Å²) >= 11 is 0. The third kappa shape index (κ3) is 4.85. The van der Waals surface area contributed by atoms with Crippen LogP contribution >= 0.6 is 0 Å². The van der Waals surface area contributed by atoms with Crippen molar-refractivity contribution in [3.8, 4) is 5.75 Å². The second kappa shape index (κ2) is 8.51. The highest BCUT2D eigenvalue weighted by Gasteiger charge is 2.37. The molecular weight excluding hydrogens is 411 g/mol. The van der Waals surface area contributed by atoms with Crippen molar-refractivity contribution < 1.29 is 32.5 Å². The predicted molar refractivity (Wildman–Crippen MR) is 107 cm³/mol. The molecule has 4 rings (SSSR count). The molecule has 2 saturated heterocycles. The van der Waals surface area contributed by atoms with Crippen LogP contribution in [0, 0.1) is 12.8 Å². The first-order valence-corrected chi connectivity index (χ1v) is 10.2. The van der Waals surface area contributed by atoms with Gasteiger partial charge < -0.3 is 14.6 Å². The van der Waals surface area contributed by atoms with Crippen LogP contribution in [0.3, 0.4) is 0 Å². The molecule has 0 radical (unpaired) electrons. The van der Waals surface area contributed by atoms with E-state index < -0.39 is 17.7 Å². The van der Waals surface area contributed by atoms with Crippen molar-refractivity contribution in [2.45, 2.75) is 32.2 Å². The minimum atomic E-state index is -4.42. The Morgan fingerprint density at radius 2 is 1.87 bits per heavy atom. The van der Waals surface area contributed by atoms with Crippen LogP contribution in [-0.2, 0) is 28.9 Å². The number of aryl methyl sites for hydroxylation is 1. The lowest BCUT2D eigenvalue weighted by atomic mass is 9.91. The van der Waals surface area contributed by atoms with E-state index in [-0.39, 0.29) is 24.0 Å². The topological polar surface area (TPSA) is 59.0 Å². The van der Waals surface area contributed by atoms with E-state index in [2.05, 4.69) is 4.90 Å². The number of hydrogen-bond donors (Lipinski definition) is 1. The lowest BCUT2D eigenvalue weighted by Gasteiger charge is -2.36. The molecule has 5 nitrogen and oxygen atoms in total. The first-order valence-electron chi connectivity index (χ1n) is 10.2. The Labute approximate surface area is 178 Å². The summed E-state index contributed by atoms with van der Waals surface area (Å²) in [6.07, 6.45) is -4.42. The van der Waals surface area contributed by atoms with Crippen molar-refractivity contribution >= 4 is 5.97 Å². The van der Waals surface area contributed by atoms with Crippen molar-refractivity contribution in [1.82, 2.24) is 4.90 Å². The number of ether oxygens (including phenoxy) is 2. The molecule has 2 heterocycles. The molecule has 8 heteroatoms. The van der Waals surface area contributed by atoms with Gasteiger partial charge in [0.15, 0.2) is 0 Å². The maximum atomic E-state index is 13.5. The van der Waals surface area contributed by atoms with E-state index in [0.717, 1.165) is 11.1 Å². The summed E-state index contributed by atoms with van der Waals surface area (Å²) in [7, 11) is 0. The van der Waals surface area contributed by atoms with Crippen LogP contribution in [0.2, 0.25) is 0 Å². The summed E-state index contributed by atoms with van der Waals surface area (Å²) in [5.41, 5.74) is 2.04. The van der Waals surface area contributed by atoms with E-state index in [1.807, 2.05) is 25.1 Å². The van der Waals surface area contributed by atoms with Crippen molar-refractivity contribution in [1.29, 1.82) is 0 Å². The average molecular weight is 435 g/mol. The van der Waals surface area contributed by atoms with Gasteiger partial charge in [-0.2, -0.15) is 13.2 Å². The quantitative estimate of drug-likeness (QED) is 0.706. The summed E-state index contributed by atoms with van der Waals surface area (Å²) in [5, 5.41) is 8.96. The van der Waals surface area contributed by atoms with E-state index in [4.69, 9.17) is 14.6 Å². The second-order valence-electron chi connectivity index (χ2n) is 8.27. The van der Waals surface area contributed by atoms with Gasteiger partial charge in [0.1, 0.15) is 12.4 Å². The highest BCUT2D eigenvalue weighted by atomic mass is 19.4. The van der Waals surface area contributed by atoms with Crippen molar-refractivity contribution in [3.63, 3.8) is 0 Å². The fourth-order valence-electron chi connectivity index (χ4n) is 3.96. The highest BCUT2D eigenvalue weighted by Crippen LogP contribution is 2.38. The Balaban J connectivity index is 1.39. The molecule has 166 valence electrons. The molecule has 0 amide bonds. The van der Waals surface area contributed by atoms with Gasteiger partial charge in [0, 0.05) is 25.6 Å². The molecule has 0 spiro atoms. The predicted octanol–water partition coefficient (Wildman–Crippen LogP) is 4.22. The van der Waals surface area contributed by atoms with Gasteiger partial charge in [-0.05, 0) is 41.3 Å². The highest BCUT2D eigenvalue weighted by molar-refractivity contribution is 5.71. The summed E-state index contributed by atoms with van der Waals surface area (Å²) in [5.74, 6) is -0.660. The number of aliphatic carboxylic acids is 1. The summed E-state index contributed by atoms with van der Waals surface area (Å²) in [6, 6.07) is 10.0. The van der Waals surface area contributed by atoms with Gasteiger partial charge in [-0.3, -0.25) is 9.69 Å². The molecule has 2 aromatic carbocycles. The molecule has 0 atom stereocenters. The maximum Gasteiger partial charge on any atom is 0.416 e. The minimum Gasteiger partial charge on any atom is -0.489 e. The zero-order valence-electron chi connectivity index (χ0n) is 17.1. The number of alkyl halides is 3. The number of rotatable bonds is 7. The number of likely N-dealkylation sites (tertiary alicyclic amines) is 1. The first-order chi connectivity index (χ1) is 14.7.